The molecule has 1 heterocycles. The Kier molecular flexibility index (Phi) is 6.97. The summed E-state index contributed by atoms with van der Waals surface area (Å²) in [4.78, 5) is 39.0. The van der Waals surface area contributed by atoms with Crippen LogP contribution in [0.4, 0.5) is 10.5 Å². The van der Waals surface area contributed by atoms with Crippen molar-refractivity contribution in [2.45, 2.75) is 6.61 Å². The van der Waals surface area contributed by atoms with Crippen LogP contribution in [0, 0.1) is 0 Å². The van der Waals surface area contributed by atoms with Crippen LogP contribution < -0.4 is 15.0 Å². The van der Waals surface area contributed by atoms with Crippen molar-refractivity contribution in [3.8, 4) is 5.75 Å². The molecule has 9 heteroatoms. The van der Waals surface area contributed by atoms with Crippen molar-refractivity contribution in [1.29, 1.82) is 0 Å². The van der Waals surface area contributed by atoms with Crippen molar-refractivity contribution in [2.75, 3.05) is 4.90 Å². The van der Waals surface area contributed by atoms with E-state index in [1.807, 2.05) is 24.3 Å². The summed E-state index contributed by atoms with van der Waals surface area (Å²) < 4.78 is 7.61. The van der Waals surface area contributed by atoms with E-state index >= 15 is 0 Å². The fourth-order valence-electron chi connectivity index (χ4n) is 3.20. The van der Waals surface area contributed by atoms with E-state index in [4.69, 9.17) is 16.3 Å². The van der Waals surface area contributed by atoms with Gasteiger partial charge in [-0.25, -0.2) is 9.69 Å². The van der Waals surface area contributed by atoms with Gasteiger partial charge in [-0.15, -0.1) is 0 Å². The van der Waals surface area contributed by atoms with Crippen LogP contribution in [-0.4, -0.2) is 17.8 Å². The van der Waals surface area contributed by atoms with Gasteiger partial charge in [-0.2, -0.15) is 0 Å². The zero-order valence-electron chi connectivity index (χ0n) is 16.8. The Morgan fingerprint density at radius 2 is 1.70 bits per heavy atom. The van der Waals surface area contributed by atoms with Gasteiger partial charge in [0.25, 0.3) is 11.8 Å². The molecule has 33 heavy (non-hydrogen) atoms. The second-order valence-corrected chi connectivity index (χ2v) is 9.15. The minimum absolute atomic E-state index is 0.180. The molecule has 0 bridgehead atoms. The van der Waals surface area contributed by atoms with Crippen LogP contribution in [0.1, 0.15) is 11.1 Å². The summed E-state index contributed by atoms with van der Waals surface area (Å²) in [5, 5.41) is 2.40. The Bertz CT molecular complexity index is 1310. The van der Waals surface area contributed by atoms with Crippen molar-refractivity contribution in [2.24, 2.45) is 0 Å². The van der Waals surface area contributed by atoms with Gasteiger partial charge in [-0.05, 0) is 42.5 Å². The normalized spacial score (nSPS) is 15.1. The number of para-hydroxylation sites is 1. The lowest BCUT2D eigenvalue weighted by Crippen LogP contribution is -2.54. The van der Waals surface area contributed by atoms with Gasteiger partial charge < -0.3 is 4.74 Å². The smallest absolute Gasteiger partial charge is 0.335 e. The minimum atomic E-state index is -0.866. The van der Waals surface area contributed by atoms with E-state index in [0.29, 0.717) is 11.3 Å². The first-order valence-corrected chi connectivity index (χ1v) is 11.6. The summed E-state index contributed by atoms with van der Waals surface area (Å²) in [7, 11) is 0. The molecule has 1 N–H and O–H groups in total. The van der Waals surface area contributed by atoms with Crippen LogP contribution in [0.15, 0.2) is 81.2 Å². The number of benzene rings is 3. The number of halogens is 3. The van der Waals surface area contributed by atoms with Crippen molar-refractivity contribution in [3.63, 3.8) is 0 Å². The highest BCUT2D eigenvalue weighted by Gasteiger charge is 2.37. The lowest BCUT2D eigenvalue weighted by atomic mass is 10.1. The Hall–Kier alpha value is -2.94. The third-order valence-corrected chi connectivity index (χ3v) is 6.39. The highest BCUT2D eigenvalue weighted by atomic mass is 79.9. The summed E-state index contributed by atoms with van der Waals surface area (Å²) in [6.45, 7) is 0.267. The number of imide groups is 2. The molecule has 3 aromatic carbocycles. The summed E-state index contributed by atoms with van der Waals surface area (Å²) in [5.41, 5.74) is 1.38. The zero-order valence-corrected chi connectivity index (χ0v) is 20.8. The molecule has 0 saturated carbocycles. The number of nitrogens with zero attached hydrogens (tertiary/aromatic N) is 1. The van der Waals surface area contributed by atoms with E-state index in [-0.39, 0.29) is 22.9 Å². The van der Waals surface area contributed by atoms with Gasteiger partial charge in [0.1, 0.15) is 17.9 Å². The van der Waals surface area contributed by atoms with Gasteiger partial charge in [0, 0.05) is 20.1 Å². The van der Waals surface area contributed by atoms with E-state index in [2.05, 4.69) is 37.2 Å². The monoisotopic (exact) mass is 588 g/mol. The topological polar surface area (TPSA) is 75.7 Å². The van der Waals surface area contributed by atoms with Gasteiger partial charge in [-0.1, -0.05) is 73.8 Å². The van der Waals surface area contributed by atoms with E-state index < -0.39 is 17.8 Å². The lowest BCUT2D eigenvalue weighted by Gasteiger charge is -2.27. The Morgan fingerprint density at radius 1 is 0.970 bits per heavy atom. The fourth-order valence-corrected chi connectivity index (χ4v) is 4.20. The van der Waals surface area contributed by atoms with Gasteiger partial charge >= 0.3 is 6.03 Å². The van der Waals surface area contributed by atoms with Crippen molar-refractivity contribution >= 4 is 73.1 Å². The molecule has 0 spiro atoms. The van der Waals surface area contributed by atoms with Crippen molar-refractivity contribution in [1.82, 2.24) is 5.32 Å². The first kappa shape index (κ1) is 23.2. The first-order chi connectivity index (χ1) is 15.8. The van der Waals surface area contributed by atoms with Crippen LogP contribution in [0.3, 0.4) is 0 Å². The quantitative estimate of drug-likeness (QED) is 0.288. The molecular formula is C24H15Br2ClN2O4. The van der Waals surface area contributed by atoms with Gasteiger partial charge in [0.05, 0.1) is 10.7 Å². The molecule has 166 valence electrons. The van der Waals surface area contributed by atoms with E-state index in [1.54, 1.807) is 36.4 Å². The van der Waals surface area contributed by atoms with Crippen LogP contribution in [-0.2, 0) is 16.2 Å². The fraction of sp³-hybridized carbons (Fsp3) is 0.0417. The number of hydrogen-bond acceptors (Lipinski definition) is 4. The number of carbonyl (C=O) groups excluding carboxylic acids is 3. The average Bonchev–Trinajstić information content (AvgIpc) is 2.78. The molecule has 1 aliphatic rings. The number of rotatable bonds is 5. The molecule has 4 rings (SSSR count). The maximum Gasteiger partial charge on any atom is 0.335 e. The Labute approximate surface area is 211 Å². The second-order valence-electron chi connectivity index (χ2n) is 6.97. The number of hydrogen-bond donors (Lipinski definition) is 1. The molecule has 0 aromatic heterocycles. The van der Waals surface area contributed by atoms with Crippen molar-refractivity contribution < 1.29 is 19.1 Å². The number of carbonyl (C=O) groups is 3. The number of urea groups is 1. The number of amides is 4. The molecular weight excluding hydrogens is 576 g/mol. The SMILES string of the molecule is O=C1NC(=O)N(c2ccccc2Cl)C(=O)/C1=C/c1cc(Br)ccc1OCc1ccccc1Br. The summed E-state index contributed by atoms with van der Waals surface area (Å²) in [6.07, 6.45) is 1.40. The summed E-state index contributed by atoms with van der Waals surface area (Å²) in [6, 6.07) is 18.4. The molecule has 6 nitrogen and oxygen atoms in total. The maximum absolute atomic E-state index is 13.2. The molecule has 4 amide bonds. The second kappa shape index (κ2) is 9.91. The summed E-state index contributed by atoms with van der Waals surface area (Å²) in [5.74, 6) is -1.12. The highest BCUT2D eigenvalue weighted by molar-refractivity contribution is 9.10. The van der Waals surface area contributed by atoms with Crippen LogP contribution in [0.5, 0.6) is 5.75 Å². The number of nitrogens with one attached hydrogen (secondary N) is 1. The van der Waals surface area contributed by atoms with E-state index in [9.17, 15) is 14.4 Å². The van der Waals surface area contributed by atoms with Crippen molar-refractivity contribution in [3.05, 3.63) is 97.4 Å². The first-order valence-electron chi connectivity index (χ1n) is 9.67. The molecule has 1 fully saturated rings. The van der Waals surface area contributed by atoms with Crippen LogP contribution in [0.2, 0.25) is 5.02 Å². The lowest BCUT2D eigenvalue weighted by molar-refractivity contribution is -0.122. The predicted octanol–water partition coefficient (Wildman–Crippen LogP) is 6.11. The number of anilines is 1. The predicted molar refractivity (Wildman–Crippen MR) is 133 cm³/mol. The molecule has 1 aliphatic heterocycles. The van der Waals surface area contributed by atoms with Crippen LogP contribution in [0.25, 0.3) is 6.08 Å². The molecule has 0 aliphatic carbocycles. The standard InChI is InChI=1S/C24H15Br2ClN2O4/c25-16-9-10-21(33-13-14-5-1-2-6-18(14)26)15(11-16)12-17-22(30)28-24(32)29(23(17)31)20-8-4-3-7-19(20)27/h1-12H,13H2,(H,28,30,32)/b17-12+. The molecule has 0 unspecified atom stereocenters. The Balaban J connectivity index is 1.70. The minimum Gasteiger partial charge on any atom is -0.488 e. The average molecular weight is 591 g/mol. The summed E-state index contributed by atoms with van der Waals surface area (Å²) >= 11 is 13.1. The number of barbiturate groups is 1. The maximum atomic E-state index is 13.2. The molecule has 3 aromatic rings. The van der Waals surface area contributed by atoms with E-state index in [0.717, 1.165) is 19.4 Å². The van der Waals surface area contributed by atoms with Gasteiger partial charge in [-0.3, -0.25) is 14.9 Å². The molecule has 1 saturated heterocycles. The largest absolute Gasteiger partial charge is 0.488 e. The third kappa shape index (κ3) is 5.03. The number of ether oxygens (including phenoxy) is 1. The van der Waals surface area contributed by atoms with Gasteiger partial charge in [0.15, 0.2) is 0 Å². The molecule has 0 atom stereocenters. The van der Waals surface area contributed by atoms with E-state index in [1.165, 1.54) is 12.1 Å². The zero-order chi connectivity index (χ0) is 23.5. The van der Waals surface area contributed by atoms with Gasteiger partial charge in [0.2, 0.25) is 0 Å². The van der Waals surface area contributed by atoms with Crippen LogP contribution >= 0.6 is 43.5 Å². The Morgan fingerprint density at radius 3 is 2.45 bits per heavy atom. The highest BCUT2D eigenvalue weighted by Crippen LogP contribution is 2.31. The molecule has 0 radical (unpaired) electrons. The third-order valence-electron chi connectivity index (χ3n) is 4.81.